The highest BCUT2D eigenvalue weighted by molar-refractivity contribution is 6.06. The number of hydrogen-bond acceptors (Lipinski definition) is 4. The SMILES string of the molecule is Cc1cccc(OCCN2CCC3(CC2)Nc2ccccc2NC3=O)c1C. The first-order valence-corrected chi connectivity index (χ1v) is 9.67. The molecule has 0 saturated carbocycles. The largest absolute Gasteiger partial charge is 0.492 e. The average molecular weight is 365 g/mol. The molecule has 5 heteroatoms. The summed E-state index contributed by atoms with van der Waals surface area (Å²) in [6.07, 6.45) is 1.60. The van der Waals surface area contributed by atoms with Crippen LogP contribution in [0.5, 0.6) is 5.75 Å². The zero-order valence-corrected chi connectivity index (χ0v) is 16.0. The van der Waals surface area contributed by atoms with Gasteiger partial charge >= 0.3 is 0 Å². The number of carbonyl (C=O) groups excluding carboxylic acids is 1. The molecule has 1 spiro atoms. The lowest BCUT2D eigenvalue weighted by Gasteiger charge is -2.44. The van der Waals surface area contributed by atoms with Crippen molar-refractivity contribution in [2.45, 2.75) is 32.2 Å². The molecule has 0 radical (unpaired) electrons. The summed E-state index contributed by atoms with van der Waals surface area (Å²) >= 11 is 0. The van der Waals surface area contributed by atoms with E-state index in [2.05, 4.69) is 35.4 Å². The van der Waals surface area contributed by atoms with Crippen LogP contribution in [0.4, 0.5) is 11.4 Å². The Morgan fingerprint density at radius 3 is 2.56 bits per heavy atom. The first kappa shape index (κ1) is 17.9. The number of carbonyl (C=O) groups is 1. The van der Waals surface area contributed by atoms with E-state index >= 15 is 0 Å². The smallest absolute Gasteiger partial charge is 0.250 e. The molecule has 2 N–H and O–H groups in total. The van der Waals surface area contributed by atoms with Gasteiger partial charge in [-0.2, -0.15) is 0 Å². The Hall–Kier alpha value is -2.53. The zero-order valence-electron chi connectivity index (χ0n) is 16.0. The van der Waals surface area contributed by atoms with Crippen LogP contribution in [-0.4, -0.2) is 42.6 Å². The number of nitrogens with zero attached hydrogens (tertiary/aromatic N) is 1. The van der Waals surface area contributed by atoms with Gasteiger partial charge in [0.1, 0.15) is 17.9 Å². The summed E-state index contributed by atoms with van der Waals surface area (Å²) in [4.78, 5) is 15.1. The van der Waals surface area contributed by atoms with Gasteiger partial charge in [-0.3, -0.25) is 9.69 Å². The number of fused-ring (bicyclic) bond motifs is 1. The van der Waals surface area contributed by atoms with Crippen molar-refractivity contribution in [1.29, 1.82) is 0 Å². The number of benzene rings is 2. The third-order valence-corrected chi connectivity index (χ3v) is 5.91. The van der Waals surface area contributed by atoms with Gasteiger partial charge in [0.15, 0.2) is 0 Å². The van der Waals surface area contributed by atoms with Gasteiger partial charge in [0.2, 0.25) is 5.91 Å². The van der Waals surface area contributed by atoms with E-state index in [1.807, 2.05) is 36.4 Å². The second kappa shape index (κ2) is 7.24. The summed E-state index contributed by atoms with van der Waals surface area (Å²) in [5.74, 6) is 1.06. The van der Waals surface area contributed by atoms with Gasteiger partial charge in [0.05, 0.1) is 11.4 Å². The number of ether oxygens (including phenoxy) is 1. The highest BCUT2D eigenvalue weighted by Gasteiger charge is 2.44. The molecule has 2 aromatic carbocycles. The van der Waals surface area contributed by atoms with Crippen LogP contribution in [0.2, 0.25) is 0 Å². The van der Waals surface area contributed by atoms with Crippen LogP contribution in [-0.2, 0) is 4.79 Å². The molecule has 1 saturated heterocycles. The number of para-hydroxylation sites is 2. The third kappa shape index (κ3) is 3.52. The predicted molar refractivity (Wildman–Crippen MR) is 109 cm³/mol. The number of aryl methyl sites for hydroxylation is 1. The highest BCUT2D eigenvalue weighted by atomic mass is 16.5. The molecule has 1 fully saturated rings. The number of nitrogens with one attached hydrogen (secondary N) is 2. The maximum absolute atomic E-state index is 12.7. The van der Waals surface area contributed by atoms with Gasteiger partial charge in [-0.05, 0) is 56.0 Å². The van der Waals surface area contributed by atoms with E-state index in [-0.39, 0.29) is 5.91 Å². The van der Waals surface area contributed by atoms with E-state index in [9.17, 15) is 4.79 Å². The molecule has 0 bridgehead atoms. The molecule has 0 atom stereocenters. The van der Waals surface area contributed by atoms with Crippen LogP contribution in [0.1, 0.15) is 24.0 Å². The van der Waals surface area contributed by atoms with E-state index in [1.54, 1.807) is 0 Å². The molecule has 2 aliphatic heterocycles. The van der Waals surface area contributed by atoms with Gasteiger partial charge in [-0.25, -0.2) is 0 Å². The fourth-order valence-electron chi connectivity index (χ4n) is 3.93. The van der Waals surface area contributed by atoms with Gasteiger partial charge < -0.3 is 15.4 Å². The molecular weight excluding hydrogens is 338 g/mol. The molecule has 0 unspecified atom stereocenters. The van der Waals surface area contributed by atoms with Crippen molar-refractivity contribution in [1.82, 2.24) is 4.90 Å². The Morgan fingerprint density at radius 2 is 1.78 bits per heavy atom. The number of piperidine rings is 1. The normalized spacial score (nSPS) is 18.5. The number of anilines is 2. The van der Waals surface area contributed by atoms with Crippen molar-refractivity contribution in [2.75, 3.05) is 36.9 Å². The molecule has 5 nitrogen and oxygen atoms in total. The van der Waals surface area contributed by atoms with Crippen LogP contribution in [0.15, 0.2) is 42.5 Å². The second-order valence-electron chi connectivity index (χ2n) is 7.59. The minimum Gasteiger partial charge on any atom is -0.492 e. The van der Waals surface area contributed by atoms with Crippen molar-refractivity contribution in [2.24, 2.45) is 0 Å². The molecule has 27 heavy (non-hydrogen) atoms. The molecule has 2 aliphatic rings. The zero-order chi connectivity index (χ0) is 18.9. The first-order chi connectivity index (χ1) is 13.1. The van der Waals surface area contributed by atoms with E-state index in [4.69, 9.17) is 4.74 Å². The second-order valence-corrected chi connectivity index (χ2v) is 7.59. The fraction of sp³-hybridized carbons (Fsp3) is 0.409. The Balaban J connectivity index is 1.32. The molecule has 2 aromatic rings. The third-order valence-electron chi connectivity index (χ3n) is 5.91. The molecule has 142 valence electrons. The lowest BCUT2D eigenvalue weighted by molar-refractivity contribution is -0.122. The summed E-state index contributed by atoms with van der Waals surface area (Å²) < 4.78 is 5.99. The number of hydrogen-bond donors (Lipinski definition) is 2. The highest BCUT2D eigenvalue weighted by Crippen LogP contribution is 2.36. The van der Waals surface area contributed by atoms with Gasteiger partial charge in [-0.15, -0.1) is 0 Å². The van der Waals surface area contributed by atoms with E-state index in [0.29, 0.717) is 6.61 Å². The average Bonchev–Trinajstić information content (AvgIpc) is 2.68. The Labute approximate surface area is 160 Å². The van der Waals surface area contributed by atoms with E-state index in [0.717, 1.165) is 49.6 Å². The summed E-state index contributed by atoms with van der Waals surface area (Å²) in [5, 5.41) is 6.58. The Morgan fingerprint density at radius 1 is 1.04 bits per heavy atom. The molecule has 0 aliphatic carbocycles. The van der Waals surface area contributed by atoms with Crippen molar-refractivity contribution >= 4 is 17.3 Å². The topological polar surface area (TPSA) is 53.6 Å². The van der Waals surface area contributed by atoms with E-state index in [1.165, 1.54) is 11.1 Å². The quantitative estimate of drug-likeness (QED) is 0.870. The number of amides is 1. The van der Waals surface area contributed by atoms with Crippen molar-refractivity contribution in [3.63, 3.8) is 0 Å². The molecule has 4 rings (SSSR count). The Kier molecular flexibility index (Phi) is 4.79. The van der Waals surface area contributed by atoms with Gasteiger partial charge in [-0.1, -0.05) is 24.3 Å². The monoisotopic (exact) mass is 365 g/mol. The molecule has 1 amide bonds. The van der Waals surface area contributed by atoms with Crippen molar-refractivity contribution in [3.8, 4) is 5.75 Å². The molecule has 2 heterocycles. The first-order valence-electron chi connectivity index (χ1n) is 9.67. The van der Waals surface area contributed by atoms with Crippen LogP contribution >= 0.6 is 0 Å². The Bertz CT molecular complexity index is 841. The summed E-state index contributed by atoms with van der Waals surface area (Å²) in [7, 11) is 0. The molecular formula is C22H27N3O2. The summed E-state index contributed by atoms with van der Waals surface area (Å²) in [6.45, 7) is 7.52. The van der Waals surface area contributed by atoms with Crippen LogP contribution in [0.25, 0.3) is 0 Å². The minimum absolute atomic E-state index is 0.0903. The number of likely N-dealkylation sites (tertiary alicyclic amines) is 1. The number of rotatable bonds is 4. The van der Waals surface area contributed by atoms with Crippen molar-refractivity contribution < 1.29 is 9.53 Å². The van der Waals surface area contributed by atoms with Gasteiger partial charge in [0, 0.05) is 19.6 Å². The van der Waals surface area contributed by atoms with Crippen LogP contribution < -0.4 is 15.4 Å². The summed E-state index contributed by atoms with van der Waals surface area (Å²) in [6, 6.07) is 14.1. The minimum atomic E-state index is -0.487. The van der Waals surface area contributed by atoms with E-state index < -0.39 is 5.54 Å². The van der Waals surface area contributed by atoms with Gasteiger partial charge in [0.25, 0.3) is 0 Å². The predicted octanol–water partition coefficient (Wildman–Crippen LogP) is 3.58. The standard InChI is InChI=1S/C22H27N3O2/c1-16-6-5-9-20(17(16)2)27-15-14-25-12-10-22(11-13-25)21(26)23-18-7-3-4-8-19(18)24-22/h3-9,24H,10-15H2,1-2H3,(H,23,26). The summed E-state index contributed by atoms with van der Waals surface area (Å²) in [5.41, 5.74) is 3.86. The fourth-order valence-corrected chi connectivity index (χ4v) is 3.93. The maximum atomic E-state index is 12.7. The van der Waals surface area contributed by atoms with Crippen LogP contribution in [0.3, 0.4) is 0 Å². The maximum Gasteiger partial charge on any atom is 0.250 e. The lowest BCUT2D eigenvalue weighted by Crippen LogP contribution is -2.58. The lowest BCUT2D eigenvalue weighted by atomic mass is 9.84. The van der Waals surface area contributed by atoms with Crippen LogP contribution in [0, 0.1) is 13.8 Å². The molecule has 0 aromatic heterocycles. The van der Waals surface area contributed by atoms with Crippen molar-refractivity contribution in [3.05, 3.63) is 53.6 Å².